The number of nitrogens with zero attached hydrogens (tertiary/aromatic N) is 4. The first-order valence-corrected chi connectivity index (χ1v) is 10.9. The molecule has 1 N–H and O–H groups in total. The van der Waals surface area contributed by atoms with Gasteiger partial charge in [0.2, 0.25) is 0 Å². The highest BCUT2D eigenvalue weighted by atomic mass is 16.5. The first kappa shape index (κ1) is 20.4. The van der Waals surface area contributed by atoms with Crippen molar-refractivity contribution in [1.82, 2.24) is 20.2 Å². The minimum atomic E-state index is 0.0197. The number of piperazine rings is 1. The molecule has 2 aromatic rings. The fourth-order valence-corrected chi connectivity index (χ4v) is 3.97. The molecule has 1 saturated carbocycles. The molecule has 1 aliphatic heterocycles. The van der Waals surface area contributed by atoms with Crippen LogP contribution in [0.1, 0.15) is 48.3 Å². The van der Waals surface area contributed by atoms with Crippen LogP contribution in [0.25, 0.3) is 0 Å². The third-order valence-corrected chi connectivity index (χ3v) is 5.86. The highest BCUT2D eigenvalue weighted by molar-refractivity contribution is 5.74. The number of hydrogen-bond acceptors (Lipinski definition) is 5. The number of rotatable bonds is 6. The van der Waals surface area contributed by atoms with Crippen molar-refractivity contribution < 1.29 is 9.53 Å². The average Bonchev–Trinajstić information content (AvgIpc) is 3.61. The van der Waals surface area contributed by atoms with Crippen LogP contribution in [0, 0.1) is 6.92 Å². The molecule has 1 saturated heterocycles. The molecule has 0 bridgehead atoms. The zero-order valence-electron chi connectivity index (χ0n) is 18.1. The van der Waals surface area contributed by atoms with E-state index in [-0.39, 0.29) is 6.03 Å². The maximum absolute atomic E-state index is 12.2. The van der Waals surface area contributed by atoms with E-state index in [0.29, 0.717) is 25.6 Å². The van der Waals surface area contributed by atoms with Crippen molar-refractivity contribution in [3.8, 4) is 5.75 Å². The predicted molar refractivity (Wildman–Crippen MR) is 117 cm³/mol. The van der Waals surface area contributed by atoms with Gasteiger partial charge in [-0.25, -0.2) is 14.8 Å². The number of urea groups is 1. The normalized spacial score (nSPS) is 16.5. The number of aryl methyl sites for hydroxylation is 1. The van der Waals surface area contributed by atoms with Gasteiger partial charge in [-0.05, 0) is 44.4 Å². The van der Waals surface area contributed by atoms with Crippen LogP contribution in [0.3, 0.4) is 0 Å². The number of methoxy groups -OCH3 is 1. The topological polar surface area (TPSA) is 70.6 Å². The number of nitrogens with one attached hydrogen (secondary N) is 1. The van der Waals surface area contributed by atoms with Crippen molar-refractivity contribution in [2.45, 2.75) is 39.0 Å². The van der Waals surface area contributed by atoms with Crippen LogP contribution in [0.15, 0.2) is 24.3 Å². The van der Waals surface area contributed by atoms with Crippen LogP contribution >= 0.6 is 0 Å². The molecule has 7 nitrogen and oxygen atoms in total. The molecule has 2 fully saturated rings. The fourth-order valence-electron chi connectivity index (χ4n) is 3.97. The Morgan fingerprint density at radius 3 is 2.63 bits per heavy atom. The van der Waals surface area contributed by atoms with Gasteiger partial charge in [0.15, 0.2) is 0 Å². The van der Waals surface area contributed by atoms with Crippen LogP contribution in [0.5, 0.6) is 5.75 Å². The number of benzene rings is 1. The molecule has 0 radical (unpaired) electrons. The molecule has 160 valence electrons. The molecular weight excluding hydrogens is 378 g/mol. The molecule has 0 atom stereocenters. The molecule has 0 spiro atoms. The second kappa shape index (κ2) is 8.90. The van der Waals surface area contributed by atoms with Crippen LogP contribution < -0.4 is 15.0 Å². The predicted octanol–water partition coefficient (Wildman–Crippen LogP) is 3.11. The number of aromatic nitrogens is 2. The molecular formula is C23H31N5O2. The molecule has 2 amide bonds. The third kappa shape index (κ3) is 4.50. The van der Waals surface area contributed by atoms with E-state index in [1.165, 1.54) is 24.0 Å². The van der Waals surface area contributed by atoms with E-state index in [4.69, 9.17) is 14.7 Å². The van der Waals surface area contributed by atoms with Crippen molar-refractivity contribution in [2.75, 3.05) is 44.7 Å². The summed E-state index contributed by atoms with van der Waals surface area (Å²) in [6.07, 6.45) is 3.12. The Morgan fingerprint density at radius 1 is 1.20 bits per heavy atom. The van der Waals surface area contributed by atoms with Gasteiger partial charge in [-0.15, -0.1) is 0 Å². The zero-order chi connectivity index (χ0) is 21.1. The highest BCUT2D eigenvalue weighted by Gasteiger charge is 2.30. The summed E-state index contributed by atoms with van der Waals surface area (Å²) in [4.78, 5) is 26.3. The summed E-state index contributed by atoms with van der Waals surface area (Å²) in [7, 11) is 1.69. The maximum atomic E-state index is 12.2. The van der Waals surface area contributed by atoms with Crippen molar-refractivity contribution in [3.05, 3.63) is 46.9 Å². The van der Waals surface area contributed by atoms with Gasteiger partial charge >= 0.3 is 6.03 Å². The van der Waals surface area contributed by atoms with E-state index in [9.17, 15) is 4.79 Å². The SMILES string of the molecule is CCNC(=O)N1CCN(c2nc(C3CC3)nc(C)c2Cc2cccc(OC)c2)CC1. The van der Waals surface area contributed by atoms with Gasteiger partial charge in [0.1, 0.15) is 17.4 Å². The largest absolute Gasteiger partial charge is 0.497 e. The third-order valence-electron chi connectivity index (χ3n) is 5.86. The standard InChI is InChI=1S/C23H31N5O2/c1-4-24-23(29)28-12-10-27(11-13-28)22-20(15-17-6-5-7-19(14-17)30-3)16(2)25-21(26-22)18-8-9-18/h5-7,14,18H,4,8-13,15H2,1-3H3,(H,24,29). The Balaban J connectivity index is 1.60. The second-order valence-electron chi connectivity index (χ2n) is 8.08. The Labute approximate surface area is 178 Å². The number of anilines is 1. The molecule has 0 unspecified atom stereocenters. The lowest BCUT2D eigenvalue weighted by Gasteiger charge is -2.36. The van der Waals surface area contributed by atoms with Gasteiger partial charge in [-0.3, -0.25) is 0 Å². The molecule has 1 aromatic heterocycles. The molecule has 2 heterocycles. The fraction of sp³-hybridized carbons (Fsp3) is 0.522. The summed E-state index contributed by atoms with van der Waals surface area (Å²) >= 11 is 0. The van der Waals surface area contributed by atoms with Gasteiger partial charge in [-0.1, -0.05) is 12.1 Å². The molecule has 7 heteroatoms. The van der Waals surface area contributed by atoms with Gasteiger partial charge in [0, 0.05) is 56.3 Å². The highest BCUT2D eigenvalue weighted by Crippen LogP contribution is 2.39. The van der Waals surface area contributed by atoms with Gasteiger partial charge in [0.25, 0.3) is 0 Å². The Bertz CT molecular complexity index is 904. The summed E-state index contributed by atoms with van der Waals surface area (Å²) in [6, 6.07) is 8.20. The molecule has 1 aliphatic carbocycles. The Hall–Kier alpha value is -2.83. The van der Waals surface area contributed by atoms with Gasteiger partial charge < -0.3 is 19.9 Å². The van der Waals surface area contributed by atoms with Gasteiger partial charge in [0.05, 0.1) is 7.11 Å². The number of carbonyl (C=O) groups is 1. The summed E-state index contributed by atoms with van der Waals surface area (Å²) in [5.41, 5.74) is 3.40. The summed E-state index contributed by atoms with van der Waals surface area (Å²) in [5.74, 6) is 3.37. The number of carbonyl (C=O) groups excluding carboxylic acids is 1. The van der Waals surface area contributed by atoms with E-state index >= 15 is 0 Å². The van der Waals surface area contributed by atoms with E-state index in [1.54, 1.807) is 7.11 Å². The van der Waals surface area contributed by atoms with Crippen LogP contribution in [0.2, 0.25) is 0 Å². The van der Waals surface area contributed by atoms with Crippen LogP contribution in [0.4, 0.5) is 10.6 Å². The second-order valence-corrected chi connectivity index (χ2v) is 8.08. The quantitative estimate of drug-likeness (QED) is 0.794. The van der Waals surface area contributed by atoms with Gasteiger partial charge in [-0.2, -0.15) is 0 Å². The molecule has 1 aromatic carbocycles. The minimum Gasteiger partial charge on any atom is -0.497 e. The van der Waals surface area contributed by atoms with E-state index in [2.05, 4.69) is 29.3 Å². The van der Waals surface area contributed by atoms with Crippen molar-refractivity contribution in [2.24, 2.45) is 0 Å². The first-order chi connectivity index (χ1) is 14.6. The number of hydrogen-bond donors (Lipinski definition) is 1. The van der Waals surface area contributed by atoms with Crippen molar-refractivity contribution >= 4 is 11.8 Å². The Morgan fingerprint density at radius 2 is 1.97 bits per heavy atom. The lowest BCUT2D eigenvalue weighted by atomic mass is 10.0. The van der Waals surface area contributed by atoms with E-state index < -0.39 is 0 Å². The smallest absolute Gasteiger partial charge is 0.317 e. The maximum Gasteiger partial charge on any atom is 0.317 e. The van der Waals surface area contributed by atoms with E-state index in [1.807, 2.05) is 24.0 Å². The average molecular weight is 410 g/mol. The zero-order valence-corrected chi connectivity index (χ0v) is 18.1. The Kier molecular flexibility index (Phi) is 6.06. The van der Waals surface area contributed by atoms with Crippen LogP contribution in [-0.2, 0) is 6.42 Å². The van der Waals surface area contributed by atoms with Crippen LogP contribution in [-0.4, -0.2) is 60.7 Å². The van der Waals surface area contributed by atoms with Crippen molar-refractivity contribution in [3.63, 3.8) is 0 Å². The number of ether oxygens (including phenoxy) is 1. The number of amides is 2. The minimum absolute atomic E-state index is 0.0197. The molecule has 4 rings (SSSR count). The molecule has 2 aliphatic rings. The lowest BCUT2D eigenvalue weighted by molar-refractivity contribution is 0.195. The lowest BCUT2D eigenvalue weighted by Crippen LogP contribution is -2.52. The summed E-state index contributed by atoms with van der Waals surface area (Å²) in [6.45, 7) is 7.66. The summed E-state index contributed by atoms with van der Waals surface area (Å²) in [5, 5.41) is 2.90. The first-order valence-electron chi connectivity index (χ1n) is 10.9. The monoisotopic (exact) mass is 409 g/mol. The summed E-state index contributed by atoms with van der Waals surface area (Å²) < 4.78 is 5.40. The van der Waals surface area contributed by atoms with E-state index in [0.717, 1.165) is 42.6 Å². The molecule has 30 heavy (non-hydrogen) atoms. The van der Waals surface area contributed by atoms with Crippen molar-refractivity contribution in [1.29, 1.82) is 0 Å².